The Labute approximate surface area is 194 Å². The molecule has 7 heteroatoms. The van der Waals surface area contributed by atoms with E-state index in [1.807, 2.05) is 29.2 Å². The lowest BCUT2D eigenvalue weighted by Crippen LogP contribution is -2.48. The van der Waals surface area contributed by atoms with Crippen LogP contribution in [0.1, 0.15) is 40.4 Å². The van der Waals surface area contributed by atoms with Gasteiger partial charge >= 0.3 is 0 Å². The van der Waals surface area contributed by atoms with Gasteiger partial charge < -0.3 is 14.7 Å². The fraction of sp³-hybridized carbons (Fsp3) is 0.500. The lowest BCUT2D eigenvalue weighted by Gasteiger charge is -2.37. The molecule has 6 nitrogen and oxygen atoms in total. The minimum Gasteiger partial charge on any atom is -0.369 e. The number of rotatable bonds is 4. The van der Waals surface area contributed by atoms with Gasteiger partial charge in [0.15, 0.2) is 0 Å². The van der Waals surface area contributed by atoms with Gasteiger partial charge in [-0.15, -0.1) is 0 Å². The highest BCUT2D eigenvalue weighted by Crippen LogP contribution is 2.35. The van der Waals surface area contributed by atoms with Gasteiger partial charge in [-0.1, -0.05) is 30.3 Å². The molecule has 1 amide bonds. The van der Waals surface area contributed by atoms with Gasteiger partial charge in [0, 0.05) is 56.8 Å². The molecule has 174 valence electrons. The van der Waals surface area contributed by atoms with Crippen molar-refractivity contribution in [2.24, 2.45) is 5.92 Å². The highest BCUT2D eigenvalue weighted by atomic mass is 19.1. The maximum atomic E-state index is 14.5. The number of hydrazine groups is 1. The fourth-order valence-electron chi connectivity index (χ4n) is 6.24. The first-order chi connectivity index (χ1) is 16.2. The molecule has 0 saturated carbocycles. The largest absolute Gasteiger partial charge is 0.369 e. The summed E-state index contributed by atoms with van der Waals surface area (Å²) in [5.74, 6) is 0.327. The van der Waals surface area contributed by atoms with Crippen LogP contribution < -0.4 is 15.8 Å². The Morgan fingerprint density at radius 2 is 1.88 bits per heavy atom. The summed E-state index contributed by atoms with van der Waals surface area (Å²) in [6.07, 6.45) is 3.25. The van der Waals surface area contributed by atoms with Crippen molar-refractivity contribution in [3.63, 3.8) is 0 Å². The Kier molecular flexibility index (Phi) is 5.56. The molecule has 3 unspecified atom stereocenters. The molecule has 6 rings (SSSR count). The molecular weight excluding hydrogens is 417 g/mol. The first-order valence-corrected chi connectivity index (χ1v) is 12.3. The quantitative estimate of drug-likeness (QED) is 0.752. The summed E-state index contributed by atoms with van der Waals surface area (Å²) >= 11 is 0. The average Bonchev–Trinajstić information content (AvgIpc) is 3.20. The highest BCUT2D eigenvalue weighted by Gasteiger charge is 2.41. The summed E-state index contributed by atoms with van der Waals surface area (Å²) in [7, 11) is 0. The molecule has 2 N–H and O–H groups in total. The standard InChI is InChI=1S/C26H32FN5O/c27-22-9-2-1-7-19(22)24-21-17-30(12-10-23(21)28-29-24)13-14-32-16-15-31-11-4-6-18-5-3-8-20(25(18)31)26(32)33/h1-3,5,7-9,21,23-24,28-29H,4,6,10-17H2. The van der Waals surface area contributed by atoms with Crippen LogP contribution in [0.5, 0.6) is 0 Å². The summed E-state index contributed by atoms with van der Waals surface area (Å²) in [4.78, 5) is 20.3. The Morgan fingerprint density at radius 3 is 2.79 bits per heavy atom. The van der Waals surface area contributed by atoms with Crippen molar-refractivity contribution >= 4 is 11.6 Å². The van der Waals surface area contributed by atoms with Crippen molar-refractivity contribution in [3.8, 4) is 0 Å². The van der Waals surface area contributed by atoms with Crippen LogP contribution in [0.15, 0.2) is 42.5 Å². The molecular formula is C26H32FN5O. The Morgan fingerprint density at radius 1 is 0.970 bits per heavy atom. The Hall–Kier alpha value is -2.48. The second kappa shape index (κ2) is 8.70. The number of para-hydroxylation sites is 1. The number of carbonyl (C=O) groups is 1. The Balaban J connectivity index is 1.14. The van der Waals surface area contributed by atoms with E-state index in [0.717, 1.165) is 76.2 Å². The van der Waals surface area contributed by atoms with Crippen LogP contribution in [-0.4, -0.2) is 67.6 Å². The molecule has 0 aromatic heterocycles. The lowest BCUT2D eigenvalue weighted by molar-refractivity contribution is 0.0723. The van der Waals surface area contributed by atoms with Gasteiger partial charge in [-0.25, -0.2) is 9.82 Å². The van der Waals surface area contributed by atoms with Gasteiger partial charge in [0.25, 0.3) is 5.91 Å². The molecule has 4 heterocycles. The molecule has 2 aromatic rings. The van der Waals surface area contributed by atoms with Crippen LogP contribution >= 0.6 is 0 Å². The summed E-state index contributed by atoms with van der Waals surface area (Å²) in [5, 5.41) is 0. The molecule has 4 aliphatic rings. The van der Waals surface area contributed by atoms with E-state index in [1.54, 1.807) is 12.1 Å². The molecule has 2 fully saturated rings. The summed E-state index contributed by atoms with van der Waals surface area (Å²) in [6, 6.07) is 13.6. The number of anilines is 1. The van der Waals surface area contributed by atoms with E-state index in [1.165, 1.54) is 11.3 Å². The average molecular weight is 450 g/mol. The molecule has 0 spiro atoms. The zero-order chi connectivity index (χ0) is 22.4. The Bertz CT molecular complexity index is 1050. The van der Waals surface area contributed by atoms with E-state index in [0.29, 0.717) is 12.0 Å². The maximum absolute atomic E-state index is 14.5. The number of amides is 1. The number of aryl methyl sites for hydroxylation is 1. The zero-order valence-electron chi connectivity index (χ0n) is 19.0. The summed E-state index contributed by atoms with van der Waals surface area (Å²) in [6.45, 7) is 6.20. The van der Waals surface area contributed by atoms with Gasteiger partial charge in [0.05, 0.1) is 17.3 Å². The predicted molar refractivity (Wildman–Crippen MR) is 127 cm³/mol. The molecule has 0 bridgehead atoms. The van der Waals surface area contributed by atoms with Crippen molar-refractivity contribution in [1.29, 1.82) is 0 Å². The van der Waals surface area contributed by atoms with Gasteiger partial charge in [0.2, 0.25) is 0 Å². The topological polar surface area (TPSA) is 50.9 Å². The highest BCUT2D eigenvalue weighted by molar-refractivity contribution is 6.01. The second-order valence-electron chi connectivity index (χ2n) is 9.84. The molecule has 4 aliphatic heterocycles. The zero-order valence-corrected chi connectivity index (χ0v) is 19.0. The number of hydrogen-bond acceptors (Lipinski definition) is 5. The lowest BCUT2D eigenvalue weighted by atomic mass is 9.85. The minimum atomic E-state index is -0.148. The van der Waals surface area contributed by atoms with Crippen LogP contribution in [0, 0.1) is 11.7 Å². The SMILES string of the molecule is O=C1c2cccc3c2N(CCC3)CCN1CCN1CCC2NNC(c3ccccc3F)C2C1. The van der Waals surface area contributed by atoms with Gasteiger partial charge in [-0.2, -0.15) is 0 Å². The van der Waals surface area contributed by atoms with E-state index in [9.17, 15) is 9.18 Å². The number of benzene rings is 2. The molecule has 2 saturated heterocycles. The number of likely N-dealkylation sites (tertiary alicyclic amines) is 1. The normalized spacial score (nSPS) is 27.3. The van der Waals surface area contributed by atoms with Crippen LogP contribution in [0.25, 0.3) is 0 Å². The third-order valence-corrected chi connectivity index (χ3v) is 7.99. The van der Waals surface area contributed by atoms with Crippen molar-refractivity contribution in [3.05, 3.63) is 65.0 Å². The van der Waals surface area contributed by atoms with E-state index >= 15 is 0 Å². The van der Waals surface area contributed by atoms with E-state index in [-0.39, 0.29) is 17.8 Å². The smallest absolute Gasteiger partial charge is 0.256 e. The monoisotopic (exact) mass is 449 g/mol. The van der Waals surface area contributed by atoms with Gasteiger partial charge in [-0.3, -0.25) is 10.2 Å². The van der Waals surface area contributed by atoms with Crippen LogP contribution in [0.2, 0.25) is 0 Å². The fourth-order valence-corrected chi connectivity index (χ4v) is 6.24. The predicted octanol–water partition coefficient (Wildman–Crippen LogP) is 2.57. The first kappa shape index (κ1) is 21.1. The maximum Gasteiger partial charge on any atom is 0.256 e. The third-order valence-electron chi connectivity index (χ3n) is 7.99. The van der Waals surface area contributed by atoms with Crippen molar-refractivity contribution < 1.29 is 9.18 Å². The first-order valence-electron chi connectivity index (χ1n) is 12.3. The van der Waals surface area contributed by atoms with Crippen molar-refractivity contribution in [1.82, 2.24) is 20.7 Å². The van der Waals surface area contributed by atoms with E-state index in [4.69, 9.17) is 0 Å². The third kappa shape index (κ3) is 3.82. The summed E-state index contributed by atoms with van der Waals surface area (Å²) in [5.41, 5.74) is 10.8. The van der Waals surface area contributed by atoms with Gasteiger partial charge in [0.1, 0.15) is 5.82 Å². The number of piperidine rings is 1. The van der Waals surface area contributed by atoms with Crippen molar-refractivity contribution in [2.45, 2.75) is 31.3 Å². The van der Waals surface area contributed by atoms with Crippen molar-refractivity contribution in [2.75, 3.05) is 50.7 Å². The number of nitrogens with zero attached hydrogens (tertiary/aromatic N) is 3. The van der Waals surface area contributed by atoms with Crippen LogP contribution in [-0.2, 0) is 6.42 Å². The number of carbonyl (C=O) groups excluding carboxylic acids is 1. The molecule has 33 heavy (non-hydrogen) atoms. The van der Waals surface area contributed by atoms with Crippen LogP contribution in [0.3, 0.4) is 0 Å². The number of hydrogen-bond donors (Lipinski definition) is 2. The summed E-state index contributed by atoms with van der Waals surface area (Å²) < 4.78 is 14.5. The number of nitrogens with one attached hydrogen (secondary N) is 2. The van der Waals surface area contributed by atoms with E-state index < -0.39 is 0 Å². The number of fused-ring (bicyclic) bond motifs is 1. The molecule has 2 aromatic carbocycles. The molecule has 3 atom stereocenters. The van der Waals surface area contributed by atoms with E-state index in [2.05, 4.69) is 26.7 Å². The minimum absolute atomic E-state index is 0.0284. The molecule has 0 radical (unpaired) electrons. The molecule has 0 aliphatic carbocycles. The number of halogens is 1. The van der Waals surface area contributed by atoms with Gasteiger partial charge in [-0.05, 0) is 43.5 Å². The second-order valence-corrected chi connectivity index (χ2v) is 9.84. The van der Waals surface area contributed by atoms with Crippen LogP contribution in [0.4, 0.5) is 10.1 Å².